The number of aliphatic hydroxyl groups is 3. The van der Waals surface area contributed by atoms with Gasteiger partial charge in [0.15, 0.2) is 0 Å². The Morgan fingerprint density at radius 3 is 1.36 bits per heavy atom. The summed E-state index contributed by atoms with van der Waals surface area (Å²) >= 11 is 0. The molecule has 3 N–H and O–H groups in total. The van der Waals surface area contributed by atoms with E-state index in [-0.39, 0.29) is 85.4 Å². The number of allylic oxidation sites excluding steroid dienone is 2. The SMILES string of the molecule is CCCCCCCC/C=C\CCCCCCCC(=O)OC(COCCCCCCCCCCCCCCCC)COP(=O)([O-])[O-].OCC(O)CO.[Na+].[Na+]. The molecule has 0 heterocycles. The second-order valence-electron chi connectivity index (χ2n) is 13.9. The van der Waals surface area contributed by atoms with Crippen LogP contribution in [-0.4, -0.2) is 66.5 Å². The second kappa shape index (κ2) is 49.3. The van der Waals surface area contributed by atoms with Gasteiger partial charge in [-0.1, -0.05) is 161 Å². The molecule has 0 radical (unpaired) electrons. The van der Waals surface area contributed by atoms with Crippen LogP contribution in [-0.2, 0) is 23.4 Å². The number of phosphoric acid groups is 1. The maximum absolute atomic E-state index is 12.3. The molecule has 0 aromatic rings. The van der Waals surface area contributed by atoms with E-state index in [0.29, 0.717) is 6.61 Å². The molecule has 0 aliphatic carbocycles. The summed E-state index contributed by atoms with van der Waals surface area (Å²) in [5.41, 5.74) is 0. The average molecular weight is 797 g/mol. The molecule has 0 saturated heterocycles. The fraction of sp³-hybridized carbons (Fsp3) is 0.925. The fourth-order valence-corrected chi connectivity index (χ4v) is 5.90. The number of hydrogen-bond donors (Lipinski definition) is 3. The molecule has 1 unspecified atom stereocenters. The van der Waals surface area contributed by atoms with Crippen molar-refractivity contribution < 1.29 is 108 Å². The van der Waals surface area contributed by atoms with Gasteiger partial charge < -0.3 is 43.7 Å². The molecule has 0 saturated carbocycles. The molecule has 10 nitrogen and oxygen atoms in total. The summed E-state index contributed by atoms with van der Waals surface area (Å²) in [5, 5.41) is 24.0. The maximum Gasteiger partial charge on any atom is 1.00 e. The van der Waals surface area contributed by atoms with Crippen LogP contribution in [0.25, 0.3) is 0 Å². The number of carbonyl (C=O) groups is 1. The molecular formula is C40H79Na2O10P. The Kier molecular flexibility index (Phi) is 56.6. The molecule has 53 heavy (non-hydrogen) atoms. The third-order valence-electron chi connectivity index (χ3n) is 8.73. The standard InChI is InChI=1S/C37H73O7P.C3H8O3.2Na/c1-3-5-7-9-11-13-15-17-19-20-22-24-26-28-30-32-37(38)44-36(35-43-45(39,40)41)34-42-33-31-29-27-25-23-21-18-16-14-12-10-8-6-4-2;4-1-3(6)2-5;;/h17,19,36H,3-16,18,20-35H2,1-2H3,(H2,39,40,41);3-6H,1-2H2;;/q;;2*+1/p-2/b19-17-;;;. The topological polar surface area (TPSA) is 169 Å². The van der Waals surface area contributed by atoms with E-state index >= 15 is 0 Å². The van der Waals surface area contributed by atoms with Gasteiger partial charge in [-0.3, -0.25) is 4.79 Å². The van der Waals surface area contributed by atoms with E-state index < -0.39 is 32.6 Å². The van der Waals surface area contributed by atoms with E-state index in [1.165, 1.54) is 122 Å². The first-order valence-electron chi connectivity index (χ1n) is 20.7. The summed E-state index contributed by atoms with van der Waals surface area (Å²) in [6.07, 6.45) is 36.3. The number of esters is 1. The first-order valence-corrected chi connectivity index (χ1v) is 22.1. The van der Waals surface area contributed by atoms with Gasteiger partial charge in [-0.25, -0.2) is 0 Å². The Labute approximate surface area is 369 Å². The van der Waals surface area contributed by atoms with Crippen molar-refractivity contribution in [1.29, 1.82) is 0 Å². The van der Waals surface area contributed by atoms with Gasteiger partial charge in [0, 0.05) is 13.0 Å². The molecule has 306 valence electrons. The van der Waals surface area contributed by atoms with Crippen LogP contribution in [0.15, 0.2) is 12.2 Å². The quantitative estimate of drug-likeness (QED) is 0.0278. The maximum atomic E-state index is 12.3. The van der Waals surface area contributed by atoms with Crippen molar-refractivity contribution in [2.45, 2.75) is 206 Å². The van der Waals surface area contributed by atoms with Gasteiger partial charge in [0.2, 0.25) is 0 Å². The summed E-state index contributed by atoms with van der Waals surface area (Å²) in [7, 11) is -5.14. The van der Waals surface area contributed by atoms with Crippen LogP contribution in [0.2, 0.25) is 0 Å². The van der Waals surface area contributed by atoms with E-state index in [1.807, 2.05) is 0 Å². The van der Waals surface area contributed by atoms with Crippen molar-refractivity contribution in [1.82, 2.24) is 0 Å². The number of phosphoric ester groups is 1. The average Bonchev–Trinajstić information content (AvgIpc) is 3.11. The Hall–Kier alpha value is 1.16. The van der Waals surface area contributed by atoms with Crippen LogP contribution in [0.1, 0.15) is 194 Å². The van der Waals surface area contributed by atoms with Crippen molar-refractivity contribution in [2.75, 3.05) is 33.0 Å². The van der Waals surface area contributed by atoms with Crippen molar-refractivity contribution in [3.63, 3.8) is 0 Å². The van der Waals surface area contributed by atoms with Gasteiger partial charge in [0.1, 0.15) is 12.2 Å². The smallest absolute Gasteiger partial charge is 0.790 e. The van der Waals surface area contributed by atoms with Crippen molar-refractivity contribution in [3.05, 3.63) is 12.2 Å². The summed E-state index contributed by atoms with van der Waals surface area (Å²) in [4.78, 5) is 34.2. The number of aliphatic hydroxyl groups excluding tert-OH is 3. The van der Waals surface area contributed by atoms with Crippen molar-refractivity contribution >= 4 is 13.8 Å². The van der Waals surface area contributed by atoms with Gasteiger partial charge in [-0.15, -0.1) is 0 Å². The van der Waals surface area contributed by atoms with E-state index in [1.54, 1.807) is 0 Å². The zero-order chi connectivity index (χ0) is 38.1. The normalized spacial score (nSPS) is 11.9. The molecule has 1 atom stereocenters. The van der Waals surface area contributed by atoms with Crippen molar-refractivity contribution in [2.24, 2.45) is 0 Å². The molecule has 0 rings (SSSR count). The Balaban J connectivity index is -0.00000137. The Bertz CT molecular complexity index is 785. The van der Waals surface area contributed by atoms with Crippen LogP contribution < -0.4 is 68.9 Å². The number of ether oxygens (including phenoxy) is 2. The summed E-state index contributed by atoms with van der Waals surface area (Å²) < 4.78 is 26.4. The van der Waals surface area contributed by atoms with Crippen LogP contribution in [0.5, 0.6) is 0 Å². The summed E-state index contributed by atoms with van der Waals surface area (Å²) in [6, 6.07) is 0. The van der Waals surface area contributed by atoms with Crippen molar-refractivity contribution in [3.8, 4) is 0 Å². The third kappa shape index (κ3) is 55.3. The van der Waals surface area contributed by atoms with Crippen LogP contribution >= 0.6 is 7.82 Å². The number of carbonyl (C=O) groups excluding carboxylic acids is 1. The molecule has 0 fully saturated rings. The summed E-state index contributed by atoms with van der Waals surface area (Å²) in [6.45, 7) is 3.81. The van der Waals surface area contributed by atoms with Crippen LogP contribution in [0.4, 0.5) is 0 Å². The zero-order valence-electron chi connectivity index (χ0n) is 34.8. The largest absolute Gasteiger partial charge is 1.00 e. The second-order valence-corrected chi connectivity index (χ2v) is 15.0. The number of unbranched alkanes of at least 4 members (excludes halogenated alkanes) is 24. The minimum absolute atomic E-state index is 0. The minimum Gasteiger partial charge on any atom is -0.790 e. The summed E-state index contributed by atoms with van der Waals surface area (Å²) in [5.74, 6) is -0.409. The van der Waals surface area contributed by atoms with E-state index in [4.69, 9.17) is 24.8 Å². The van der Waals surface area contributed by atoms with Crippen LogP contribution in [0, 0.1) is 0 Å². The predicted molar refractivity (Wildman–Crippen MR) is 204 cm³/mol. The first kappa shape index (κ1) is 60.8. The van der Waals surface area contributed by atoms with Gasteiger partial charge >= 0.3 is 65.1 Å². The zero-order valence-corrected chi connectivity index (χ0v) is 39.7. The van der Waals surface area contributed by atoms with Gasteiger partial charge in [0.05, 0.1) is 34.3 Å². The van der Waals surface area contributed by atoms with Crippen LogP contribution in [0.3, 0.4) is 0 Å². The molecule has 0 aliphatic heterocycles. The van der Waals surface area contributed by atoms with Gasteiger partial charge in [0.25, 0.3) is 0 Å². The Morgan fingerprint density at radius 2 is 0.981 bits per heavy atom. The number of rotatable bonds is 38. The molecule has 0 aliphatic rings. The predicted octanol–water partition coefficient (Wildman–Crippen LogP) is 2.62. The van der Waals surface area contributed by atoms with E-state index in [0.717, 1.165) is 51.4 Å². The van der Waals surface area contributed by atoms with Gasteiger partial charge in [-0.2, -0.15) is 0 Å². The molecule has 0 bridgehead atoms. The molecule has 13 heteroatoms. The Morgan fingerprint density at radius 1 is 0.604 bits per heavy atom. The first-order chi connectivity index (χ1) is 24.7. The van der Waals surface area contributed by atoms with Gasteiger partial charge in [-0.05, 0) is 38.5 Å². The molecule has 0 amide bonds. The molecular weight excluding hydrogens is 717 g/mol. The molecule has 0 aromatic carbocycles. The van der Waals surface area contributed by atoms with E-state index in [9.17, 15) is 19.1 Å². The third-order valence-corrected chi connectivity index (χ3v) is 9.19. The molecule has 0 spiro atoms. The minimum atomic E-state index is -5.14. The fourth-order valence-electron chi connectivity index (χ4n) is 5.55. The van der Waals surface area contributed by atoms with E-state index in [2.05, 4.69) is 30.5 Å². The monoisotopic (exact) mass is 797 g/mol. The number of hydrogen-bond acceptors (Lipinski definition) is 10. The molecule has 0 aromatic heterocycles.